The molecule has 3 aliphatic rings. The highest BCUT2D eigenvalue weighted by molar-refractivity contribution is 6.16. The summed E-state index contributed by atoms with van der Waals surface area (Å²) in [6, 6.07) is 55.7. The Kier molecular flexibility index (Phi) is 5.82. The minimum Gasteiger partial charge on any atom is -0.457 e. The van der Waals surface area contributed by atoms with E-state index < -0.39 is 5.41 Å². The summed E-state index contributed by atoms with van der Waals surface area (Å²) >= 11 is 0. The Labute approximate surface area is 279 Å². The summed E-state index contributed by atoms with van der Waals surface area (Å²) in [5.74, 6) is 1.76. The molecule has 2 aliphatic heterocycles. The van der Waals surface area contributed by atoms with E-state index in [0.717, 1.165) is 73.1 Å². The van der Waals surface area contributed by atoms with Crippen LogP contribution in [0.1, 0.15) is 45.1 Å². The van der Waals surface area contributed by atoms with E-state index in [4.69, 9.17) is 14.7 Å². The van der Waals surface area contributed by atoms with Gasteiger partial charge in [-0.05, 0) is 58.1 Å². The zero-order chi connectivity index (χ0) is 31.7. The third kappa shape index (κ3) is 3.83. The van der Waals surface area contributed by atoms with Crippen molar-refractivity contribution in [2.75, 3.05) is 5.32 Å². The molecule has 1 spiro atoms. The van der Waals surface area contributed by atoms with Crippen molar-refractivity contribution in [1.29, 1.82) is 0 Å². The fourth-order valence-electron chi connectivity index (χ4n) is 7.92. The molecular weight excluding hydrogens is 587 g/mol. The molecule has 1 aromatic heterocycles. The summed E-state index contributed by atoms with van der Waals surface area (Å²) in [5, 5.41) is 3.67. The van der Waals surface area contributed by atoms with Crippen LogP contribution < -0.4 is 10.1 Å². The Balaban J connectivity index is 1.09. The van der Waals surface area contributed by atoms with Crippen molar-refractivity contribution in [3.8, 4) is 33.9 Å². The van der Waals surface area contributed by atoms with Gasteiger partial charge in [0.05, 0.1) is 16.8 Å². The highest BCUT2D eigenvalue weighted by atomic mass is 16.5. The van der Waals surface area contributed by atoms with Crippen LogP contribution in [0, 0.1) is 0 Å². The summed E-state index contributed by atoms with van der Waals surface area (Å²) in [4.78, 5) is 10.2. The largest absolute Gasteiger partial charge is 0.457 e. The van der Waals surface area contributed by atoms with E-state index in [1.807, 2.05) is 24.4 Å². The topological polar surface area (TPSA) is 46.5 Å². The molecule has 1 atom stereocenters. The van der Waals surface area contributed by atoms with Gasteiger partial charge in [-0.3, -0.25) is 9.98 Å². The summed E-state index contributed by atoms with van der Waals surface area (Å²) in [5.41, 5.74) is 14.1. The van der Waals surface area contributed by atoms with E-state index in [-0.39, 0.29) is 6.17 Å². The average molecular weight is 616 g/mol. The SMILES string of the molecule is c1ccc(C2=NC(c3ccc(-c4ccc5c(c4)C4(c6ccccc6Oc6ccccc64)c4cccnc4-5)cc3)Nc3ccccc32)cc1. The predicted octanol–water partition coefficient (Wildman–Crippen LogP) is 10.2. The number of nitrogens with one attached hydrogen (secondary N) is 1. The number of hydrogen-bond donors (Lipinski definition) is 1. The molecule has 226 valence electrons. The number of aromatic nitrogens is 1. The standard InChI is InChI=1S/C44H29N3O/c1-2-11-29(12-3-1)41-33-13-4-7-17-38(33)46-43(47-41)30-22-20-28(21-23-30)31-24-25-32-37(27-31)44(36-16-10-26-45-42(32)36)34-14-5-8-18-39(34)48-40-19-9-6-15-35(40)44/h1-27,43,46H. The fourth-order valence-corrected chi connectivity index (χ4v) is 7.92. The van der Waals surface area contributed by atoms with Gasteiger partial charge in [0.2, 0.25) is 0 Å². The Morgan fingerprint density at radius 2 is 1.19 bits per heavy atom. The second kappa shape index (κ2) is 10.4. The van der Waals surface area contributed by atoms with Gasteiger partial charge in [-0.1, -0.05) is 127 Å². The van der Waals surface area contributed by atoms with Gasteiger partial charge in [0.25, 0.3) is 0 Å². The molecule has 1 aliphatic carbocycles. The first-order valence-electron chi connectivity index (χ1n) is 16.4. The molecule has 3 heterocycles. The van der Waals surface area contributed by atoms with Crippen LogP contribution in [0.15, 0.2) is 169 Å². The number of rotatable bonds is 3. The predicted molar refractivity (Wildman–Crippen MR) is 192 cm³/mol. The average Bonchev–Trinajstić information content (AvgIpc) is 3.45. The summed E-state index contributed by atoms with van der Waals surface area (Å²) in [7, 11) is 0. The summed E-state index contributed by atoms with van der Waals surface area (Å²) in [6.07, 6.45) is 1.71. The van der Waals surface area contributed by atoms with Gasteiger partial charge in [0.1, 0.15) is 17.7 Å². The van der Waals surface area contributed by atoms with Crippen LogP contribution >= 0.6 is 0 Å². The number of nitrogens with zero attached hydrogens (tertiary/aromatic N) is 2. The second-order valence-electron chi connectivity index (χ2n) is 12.6. The number of ether oxygens (including phenoxy) is 1. The van der Waals surface area contributed by atoms with Crippen LogP contribution in [0.3, 0.4) is 0 Å². The van der Waals surface area contributed by atoms with Gasteiger partial charge < -0.3 is 10.1 Å². The lowest BCUT2D eigenvalue weighted by Crippen LogP contribution is -2.32. The molecule has 10 rings (SSSR count). The van der Waals surface area contributed by atoms with Gasteiger partial charge in [0, 0.05) is 39.7 Å². The molecular formula is C44H29N3O. The Morgan fingerprint density at radius 3 is 1.98 bits per heavy atom. The van der Waals surface area contributed by atoms with Crippen LogP contribution in [0.4, 0.5) is 5.69 Å². The number of aliphatic imine (C=N–C) groups is 1. The fraction of sp³-hybridized carbons (Fsp3) is 0.0455. The number of fused-ring (bicyclic) bond motifs is 10. The first-order valence-corrected chi connectivity index (χ1v) is 16.4. The molecule has 0 saturated heterocycles. The van der Waals surface area contributed by atoms with Gasteiger partial charge in [-0.25, -0.2) is 0 Å². The number of anilines is 1. The second-order valence-corrected chi connectivity index (χ2v) is 12.6. The summed E-state index contributed by atoms with van der Waals surface area (Å²) < 4.78 is 6.50. The molecule has 1 N–H and O–H groups in total. The third-order valence-electron chi connectivity index (χ3n) is 10.0. The van der Waals surface area contributed by atoms with Crippen molar-refractivity contribution in [3.63, 3.8) is 0 Å². The van der Waals surface area contributed by atoms with E-state index >= 15 is 0 Å². The van der Waals surface area contributed by atoms with Crippen LogP contribution in [-0.4, -0.2) is 10.7 Å². The smallest absolute Gasteiger partial charge is 0.145 e. The lowest BCUT2D eigenvalue weighted by atomic mass is 9.66. The molecule has 0 fully saturated rings. The number of pyridine rings is 1. The maximum Gasteiger partial charge on any atom is 0.145 e. The third-order valence-corrected chi connectivity index (χ3v) is 10.0. The molecule has 1 unspecified atom stereocenters. The molecule has 4 nitrogen and oxygen atoms in total. The first kappa shape index (κ1) is 26.9. The number of para-hydroxylation sites is 3. The molecule has 7 aromatic rings. The highest BCUT2D eigenvalue weighted by Gasteiger charge is 2.51. The Bertz CT molecular complexity index is 2370. The van der Waals surface area contributed by atoms with Crippen molar-refractivity contribution in [1.82, 2.24) is 4.98 Å². The van der Waals surface area contributed by atoms with Crippen LogP contribution in [0.2, 0.25) is 0 Å². The Hall–Kier alpha value is -6.26. The van der Waals surface area contributed by atoms with Gasteiger partial charge in [-0.2, -0.15) is 0 Å². The van der Waals surface area contributed by atoms with Gasteiger partial charge >= 0.3 is 0 Å². The van der Waals surface area contributed by atoms with Gasteiger partial charge in [0.15, 0.2) is 0 Å². The minimum atomic E-state index is -0.539. The van der Waals surface area contributed by atoms with Crippen LogP contribution in [-0.2, 0) is 5.41 Å². The van der Waals surface area contributed by atoms with E-state index in [1.165, 1.54) is 11.1 Å². The maximum atomic E-state index is 6.50. The van der Waals surface area contributed by atoms with E-state index in [2.05, 4.69) is 145 Å². The molecule has 6 aromatic carbocycles. The molecule has 0 saturated carbocycles. The minimum absolute atomic E-state index is 0.191. The quantitative estimate of drug-likeness (QED) is 0.215. The molecule has 4 heteroatoms. The zero-order valence-electron chi connectivity index (χ0n) is 26.0. The Morgan fingerprint density at radius 1 is 0.521 bits per heavy atom. The molecule has 0 radical (unpaired) electrons. The van der Waals surface area contributed by atoms with Crippen LogP contribution in [0.25, 0.3) is 22.4 Å². The highest BCUT2D eigenvalue weighted by Crippen LogP contribution is 2.61. The molecule has 48 heavy (non-hydrogen) atoms. The van der Waals surface area contributed by atoms with Crippen molar-refractivity contribution in [2.45, 2.75) is 11.6 Å². The zero-order valence-corrected chi connectivity index (χ0v) is 26.0. The lowest BCUT2D eigenvalue weighted by molar-refractivity contribution is 0.436. The van der Waals surface area contributed by atoms with E-state index in [0.29, 0.717) is 0 Å². The molecule has 0 amide bonds. The maximum absolute atomic E-state index is 6.50. The number of hydrogen-bond acceptors (Lipinski definition) is 4. The first-order chi connectivity index (χ1) is 23.8. The van der Waals surface area contributed by atoms with Crippen LogP contribution in [0.5, 0.6) is 11.5 Å². The van der Waals surface area contributed by atoms with Crippen molar-refractivity contribution >= 4 is 11.4 Å². The molecule has 0 bridgehead atoms. The normalized spacial score (nSPS) is 15.9. The lowest BCUT2D eigenvalue weighted by Gasteiger charge is -2.39. The van der Waals surface area contributed by atoms with Crippen molar-refractivity contribution in [2.24, 2.45) is 4.99 Å². The van der Waals surface area contributed by atoms with E-state index in [1.54, 1.807) is 0 Å². The van der Waals surface area contributed by atoms with Crippen molar-refractivity contribution in [3.05, 3.63) is 203 Å². The van der Waals surface area contributed by atoms with Crippen molar-refractivity contribution < 1.29 is 4.74 Å². The van der Waals surface area contributed by atoms with Gasteiger partial charge in [-0.15, -0.1) is 0 Å². The summed E-state index contributed by atoms with van der Waals surface area (Å²) in [6.45, 7) is 0. The van der Waals surface area contributed by atoms with E-state index in [9.17, 15) is 0 Å². The number of benzene rings is 6. The monoisotopic (exact) mass is 615 g/mol.